The summed E-state index contributed by atoms with van der Waals surface area (Å²) in [7, 11) is -2.71. The molecule has 156 valence electrons. The molecule has 1 N–H and O–H groups in total. The van der Waals surface area contributed by atoms with E-state index in [1.807, 2.05) is 0 Å². The molecule has 0 unspecified atom stereocenters. The lowest BCUT2D eigenvalue weighted by Gasteiger charge is -2.27. The Balaban J connectivity index is 1.87. The number of esters is 1. The molecular weight excluding hydrogens is 401 g/mol. The van der Waals surface area contributed by atoms with Gasteiger partial charge in [0.15, 0.2) is 0 Å². The van der Waals surface area contributed by atoms with E-state index in [1.54, 1.807) is 18.2 Å². The predicted octanol–water partition coefficient (Wildman–Crippen LogP) is 1.68. The number of nitrogens with one attached hydrogen (secondary N) is 1. The summed E-state index contributed by atoms with van der Waals surface area (Å²) in [5.41, 5.74) is 0.530. The van der Waals surface area contributed by atoms with Gasteiger partial charge in [0.2, 0.25) is 10.0 Å². The minimum absolute atomic E-state index is 0.0268. The Kier molecular flexibility index (Phi) is 6.78. The van der Waals surface area contributed by atoms with Gasteiger partial charge in [0, 0.05) is 25.8 Å². The maximum absolute atomic E-state index is 13.8. The van der Waals surface area contributed by atoms with Gasteiger partial charge in [-0.2, -0.15) is 4.31 Å². The van der Waals surface area contributed by atoms with E-state index in [1.165, 1.54) is 29.7 Å². The lowest BCUT2D eigenvalue weighted by Crippen LogP contribution is -2.41. The fourth-order valence-electron chi connectivity index (χ4n) is 2.95. The van der Waals surface area contributed by atoms with Gasteiger partial charge in [-0.15, -0.1) is 0 Å². The number of ether oxygens (including phenoxy) is 2. The van der Waals surface area contributed by atoms with E-state index >= 15 is 0 Å². The molecule has 3 rings (SSSR count). The van der Waals surface area contributed by atoms with Crippen molar-refractivity contribution in [1.82, 2.24) is 9.29 Å². The number of nitrogens with zero attached hydrogens (tertiary/aromatic N) is 2. The van der Waals surface area contributed by atoms with E-state index in [0.717, 1.165) is 0 Å². The van der Waals surface area contributed by atoms with Crippen molar-refractivity contribution < 1.29 is 27.1 Å². The number of carbonyl (C=O) groups excluding carboxylic acids is 1. The number of halogens is 1. The molecule has 2 heterocycles. The van der Waals surface area contributed by atoms with E-state index in [-0.39, 0.29) is 41.7 Å². The summed E-state index contributed by atoms with van der Waals surface area (Å²) in [6.45, 7) is 1.26. The standard InChI is InChI=1S/C19H22FN3O5S/c1-27-19(24)15-12-17(29(25,26)23-8-10-28-11-9-23)18(22-13-15)21-7-6-14-4-2-3-5-16(14)20/h2-5,12-13H,6-11H2,1H3,(H,21,22). The van der Waals surface area contributed by atoms with Gasteiger partial charge < -0.3 is 14.8 Å². The number of benzene rings is 1. The summed E-state index contributed by atoms with van der Waals surface area (Å²) in [5.74, 6) is -0.918. The van der Waals surface area contributed by atoms with E-state index < -0.39 is 16.0 Å². The van der Waals surface area contributed by atoms with E-state index in [4.69, 9.17) is 4.74 Å². The number of anilines is 1. The molecule has 1 fully saturated rings. The van der Waals surface area contributed by atoms with Gasteiger partial charge in [-0.3, -0.25) is 0 Å². The molecule has 0 bridgehead atoms. The van der Waals surface area contributed by atoms with Crippen molar-refractivity contribution in [3.8, 4) is 0 Å². The van der Waals surface area contributed by atoms with Crippen LogP contribution in [0, 0.1) is 5.82 Å². The van der Waals surface area contributed by atoms with Crippen molar-refractivity contribution in [2.24, 2.45) is 0 Å². The molecule has 0 amide bonds. The van der Waals surface area contributed by atoms with Crippen molar-refractivity contribution in [2.45, 2.75) is 11.3 Å². The van der Waals surface area contributed by atoms with Gasteiger partial charge >= 0.3 is 5.97 Å². The van der Waals surface area contributed by atoms with Crippen LogP contribution in [0.5, 0.6) is 0 Å². The molecule has 0 spiro atoms. The number of aromatic nitrogens is 1. The van der Waals surface area contributed by atoms with Crippen LogP contribution in [0.3, 0.4) is 0 Å². The Bertz CT molecular complexity index is 978. The number of hydrogen-bond acceptors (Lipinski definition) is 7. The molecule has 1 saturated heterocycles. The fraction of sp³-hybridized carbons (Fsp3) is 0.368. The lowest BCUT2D eigenvalue weighted by atomic mass is 10.1. The lowest BCUT2D eigenvalue weighted by molar-refractivity contribution is 0.0600. The Morgan fingerprint density at radius 1 is 1.31 bits per heavy atom. The molecule has 1 aromatic carbocycles. The molecule has 0 aliphatic carbocycles. The van der Waals surface area contributed by atoms with Gasteiger partial charge in [-0.1, -0.05) is 18.2 Å². The zero-order valence-electron chi connectivity index (χ0n) is 15.9. The molecule has 0 saturated carbocycles. The minimum atomic E-state index is -3.91. The van der Waals surface area contributed by atoms with E-state index in [9.17, 15) is 17.6 Å². The second kappa shape index (κ2) is 9.29. The summed E-state index contributed by atoms with van der Waals surface area (Å²) in [4.78, 5) is 15.9. The van der Waals surface area contributed by atoms with Crippen molar-refractivity contribution in [3.63, 3.8) is 0 Å². The smallest absolute Gasteiger partial charge is 0.339 e. The van der Waals surface area contributed by atoms with Crippen molar-refractivity contribution in [1.29, 1.82) is 0 Å². The largest absolute Gasteiger partial charge is 0.465 e. The van der Waals surface area contributed by atoms with Crippen LogP contribution in [0.25, 0.3) is 0 Å². The summed E-state index contributed by atoms with van der Waals surface area (Å²) in [5, 5.41) is 2.95. The van der Waals surface area contributed by atoms with E-state index in [0.29, 0.717) is 25.2 Å². The maximum atomic E-state index is 13.8. The first-order valence-electron chi connectivity index (χ1n) is 9.07. The van der Waals surface area contributed by atoms with Gasteiger partial charge in [-0.25, -0.2) is 22.6 Å². The number of rotatable bonds is 7. The van der Waals surface area contributed by atoms with Gasteiger partial charge in [0.05, 0.1) is 25.9 Å². The Hall–Kier alpha value is -2.56. The van der Waals surface area contributed by atoms with Crippen LogP contribution in [0.2, 0.25) is 0 Å². The zero-order valence-corrected chi connectivity index (χ0v) is 16.7. The molecule has 8 nitrogen and oxygen atoms in total. The van der Waals surface area contributed by atoms with Crippen molar-refractivity contribution in [3.05, 3.63) is 53.5 Å². The highest BCUT2D eigenvalue weighted by Gasteiger charge is 2.30. The maximum Gasteiger partial charge on any atom is 0.339 e. The number of carbonyl (C=O) groups is 1. The third-order valence-corrected chi connectivity index (χ3v) is 6.42. The van der Waals surface area contributed by atoms with Crippen LogP contribution in [0.15, 0.2) is 41.4 Å². The highest BCUT2D eigenvalue weighted by Crippen LogP contribution is 2.25. The molecule has 1 aliphatic heterocycles. The first-order valence-corrected chi connectivity index (χ1v) is 10.5. The van der Waals surface area contributed by atoms with Crippen LogP contribution >= 0.6 is 0 Å². The molecule has 0 atom stereocenters. The summed E-state index contributed by atoms with van der Waals surface area (Å²) in [6, 6.07) is 7.61. The highest BCUT2D eigenvalue weighted by atomic mass is 32.2. The van der Waals surface area contributed by atoms with Crippen molar-refractivity contribution >= 4 is 21.8 Å². The second-order valence-electron chi connectivity index (χ2n) is 6.35. The van der Waals surface area contributed by atoms with E-state index in [2.05, 4.69) is 15.0 Å². The van der Waals surface area contributed by atoms with Crippen LogP contribution in [-0.2, 0) is 25.9 Å². The number of morpholine rings is 1. The summed E-state index contributed by atoms with van der Waals surface area (Å²) >= 11 is 0. The third kappa shape index (κ3) is 4.89. The number of pyridine rings is 1. The average Bonchev–Trinajstić information content (AvgIpc) is 2.75. The zero-order chi connectivity index (χ0) is 20.9. The fourth-order valence-corrected chi connectivity index (χ4v) is 4.50. The first kappa shape index (κ1) is 21.2. The molecule has 1 aromatic heterocycles. The molecule has 2 aromatic rings. The minimum Gasteiger partial charge on any atom is -0.465 e. The van der Waals surface area contributed by atoms with Crippen LogP contribution in [0.1, 0.15) is 15.9 Å². The van der Waals surface area contributed by atoms with Crippen LogP contribution in [-0.4, -0.2) is 63.6 Å². The number of sulfonamides is 1. The molecule has 0 radical (unpaired) electrons. The number of methoxy groups -OCH3 is 1. The third-order valence-electron chi connectivity index (χ3n) is 4.51. The molecule has 29 heavy (non-hydrogen) atoms. The van der Waals surface area contributed by atoms with Crippen molar-refractivity contribution in [2.75, 3.05) is 45.3 Å². The molecule has 1 aliphatic rings. The summed E-state index contributed by atoms with van der Waals surface area (Å²) < 4.78 is 51.3. The van der Waals surface area contributed by atoms with Gasteiger partial charge in [0.25, 0.3) is 0 Å². The quantitative estimate of drug-likeness (QED) is 0.677. The predicted molar refractivity (Wildman–Crippen MR) is 104 cm³/mol. The Labute approximate surface area is 168 Å². The normalized spacial score (nSPS) is 15.1. The topological polar surface area (TPSA) is 97.8 Å². The Morgan fingerprint density at radius 3 is 2.72 bits per heavy atom. The monoisotopic (exact) mass is 423 g/mol. The molecule has 10 heteroatoms. The number of hydrogen-bond donors (Lipinski definition) is 1. The highest BCUT2D eigenvalue weighted by molar-refractivity contribution is 7.89. The Morgan fingerprint density at radius 2 is 2.03 bits per heavy atom. The van der Waals surface area contributed by atoms with Gasteiger partial charge in [0.1, 0.15) is 16.5 Å². The SMILES string of the molecule is COC(=O)c1cnc(NCCc2ccccc2F)c(S(=O)(=O)N2CCOCC2)c1. The first-order chi connectivity index (χ1) is 13.9. The second-order valence-corrected chi connectivity index (χ2v) is 8.25. The summed E-state index contributed by atoms with van der Waals surface area (Å²) in [6.07, 6.45) is 1.58. The molecular formula is C19H22FN3O5S. The van der Waals surface area contributed by atoms with Crippen LogP contribution in [0.4, 0.5) is 10.2 Å². The van der Waals surface area contributed by atoms with Crippen LogP contribution < -0.4 is 5.32 Å². The average molecular weight is 423 g/mol. The van der Waals surface area contributed by atoms with Gasteiger partial charge in [-0.05, 0) is 24.1 Å².